The molecule has 7 rings (SSSR count). The van der Waals surface area contributed by atoms with Gasteiger partial charge in [0, 0.05) is 30.1 Å². The van der Waals surface area contributed by atoms with Crippen LogP contribution in [0.2, 0.25) is 0 Å². The van der Waals surface area contributed by atoms with Gasteiger partial charge in [-0.3, -0.25) is 15.0 Å². The van der Waals surface area contributed by atoms with Crippen LogP contribution in [0.5, 0.6) is 11.5 Å². The Hall–Kier alpha value is -4.40. The molecule has 4 nitrogen and oxygen atoms in total. The van der Waals surface area contributed by atoms with Crippen molar-refractivity contribution in [1.82, 2.24) is 15.0 Å². The summed E-state index contributed by atoms with van der Waals surface area (Å²) >= 11 is 0. The van der Waals surface area contributed by atoms with E-state index in [9.17, 15) is 0 Å². The van der Waals surface area contributed by atoms with Crippen LogP contribution in [0.1, 0.15) is 75.1 Å². The summed E-state index contributed by atoms with van der Waals surface area (Å²) in [5, 5.41) is 0. The van der Waals surface area contributed by atoms with Crippen molar-refractivity contribution in [3.63, 3.8) is 0 Å². The molecule has 0 radical (unpaired) electrons. The number of rotatable bonds is 5. The van der Waals surface area contributed by atoms with E-state index in [-0.39, 0.29) is 31.9 Å². The fraction of sp³-hybridized carbons (Fsp3) is 0.214. The molecule has 0 aliphatic heterocycles. The molecule has 0 fully saturated rings. The Labute approximate surface area is 292 Å². The van der Waals surface area contributed by atoms with Crippen molar-refractivity contribution in [3.05, 3.63) is 161 Å². The summed E-state index contributed by atoms with van der Waals surface area (Å²) in [6.07, 6.45) is 5.35. The maximum atomic E-state index is 6.47. The standard InChI is InChI=1S/C42H37N3O.Pt/c1-40(2,3)29-17-19-34-35-20-18-30(41(4,5)6)27-37(35)42(36(34)26-29,38-16-7-8-21-43-38)31-13-10-15-33(25-31)46-32-14-9-12-28(24-32)39-44-22-11-23-45-39;/h7-23,26-27H,1-6H3;/q-2;+2. The van der Waals surface area contributed by atoms with E-state index < -0.39 is 5.41 Å². The van der Waals surface area contributed by atoms with Crippen LogP contribution >= 0.6 is 0 Å². The molecule has 0 spiro atoms. The van der Waals surface area contributed by atoms with E-state index in [4.69, 9.17) is 9.72 Å². The Morgan fingerprint density at radius 2 is 1.15 bits per heavy atom. The van der Waals surface area contributed by atoms with Crippen molar-refractivity contribution in [2.45, 2.75) is 57.8 Å². The van der Waals surface area contributed by atoms with Crippen molar-refractivity contribution in [1.29, 1.82) is 0 Å². The molecule has 0 bridgehead atoms. The minimum absolute atomic E-state index is 0. The Morgan fingerprint density at radius 1 is 0.574 bits per heavy atom. The van der Waals surface area contributed by atoms with Gasteiger partial charge in [0.15, 0.2) is 0 Å². The molecular formula is C42H37N3OPt. The van der Waals surface area contributed by atoms with Crippen LogP contribution in [0, 0.1) is 12.1 Å². The first-order valence-corrected chi connectivity index (χ1v) is 15.8. The van der Waals surface area contributed by atoms with Gasteiger partial charge in [-0.25, -0.2) is 0 Å². The zero-order valence-electron chi connectivity index (χ0n) is 27.5. The fourth-order valence-electron chi connectivity index (χ4n) is 6.47. The van der Waals surface area contributed by atoms with Crippen LogP contribution < -0.4 is 4.74 Å². The van der Waals surface area contributed by atoms with Crippen molar-refractivity contribution < 1.29 is 25.8 Å². The van der Waals surface area contributed by atoms with Crippen molar-refractivity contribution in [2.75, 3.05) is 0 Å². The number of benzene rings is 4. The Morgan fingerprint density at radius 3 is 1.72 bits per heavy atom. The summed E-state index contributed by atoms with van der Waals surface area (Å²) in [7, 11) is 0. The Kier molecular flexibility index (Phi) is 8.53. The summed E-state index contributed by atoms with van der Waals surface area (Å²) in [6, 6.07) is 40.9. The molecule has 5 heteroatoms. The molecule has 0 unspecified atom stereocenters. The summed E-state index contributed by atoms with van der Waals surface area (Å²) in [6.45, 7) is 13.6. The quantitative estimate of drug-likeness (QED) is 0.163. The number of nitrogens with zero attached hydrogens (tertiary/aromatic N) is 3. The number of fused-ring (bicyclic) bond motifs is 3. The molecule has 1 aliphatic rings. The first-order chi connectivity index (χ1) is 22.0. The second kappa shape index (κ2) is 12.3. The van der Waals surface area contributed by atoms with E-state index in [1.165, 1.54) is 33.4 Å². The van der Waals surface area contributed by atoms with Crippen molar-refractivity contribution in [2.24, 2.45) is 0 Å². The van der Waals surface area contributed by atoms with Gasteiger partial charge in [0.25, 0.3) is 0 Å². The van der Waals surface area contributed by atoms with Gasteiger partial charge in [-0.15, -0.1) is 41.5 Å². The van der Waals surface area contributed by atoms with Crippen LogP contribution in [0.25, 0.3) is 22.5 Å². The minimum Gasteiger partial charge on any atom is -0.503 e. The molecule has 47 heavy (non-hydrogen) atoms. The molecular weight excluding hydrogens is 758 g/mol. The topological polar surface area (TPSA) is 47.9 Å². The number of pyridine rings is 1. The first-order valence-electron chi connectivity index (χ1n) is 15.8. The molecule has 0 N–H and O–H groups in total. The van der Waals surface area contributed by atoms with Gasteiger partial charge in [-0.1, -0.05) is 90.1 Å². The molecule has 4 aromatic carbocycles. The summed E-state index contributed by atoms with van der Waals surface area (Å²) in [5.41, 5.74) is 9.33. The van der Waals surface area contributed by atoms with Gasteiger partial charge < -0.3 is 4.74 Å². The number of hydrogen-bond acceptors (Lipinski definition) is 4. The third kappa shape index (κ3) is 5.85. The van der Waals surface area contributed by atoms with Crippen LogP contribution in [-0.4, -0.2) is 15.0 Å². The monoisotopic (exact) mass is 794 g/mol. The Balaban J connectivity index is 0.00000386. The van der Waals surface area contributed by atoms with E-state index in [0.29, 0.717) is 17.3 Å². The third-order valence-corrected chi connectivity index (χ3v) is 8.89. The number of hydrogen-bond donors (Lipinski definition) is 0. The zero-order valence-corrected chi connectivity index (χ0v) is 29.8. The van der Waals surface area contributed by atoms with E-state index in [2.05, 4.69) is 124 Å². The first kappa shape index (κ1) is 32.5. The van der Waals surface area contributed by atoms with E-state index >= 15 is 0 Å². The smallest absolute Gasteiger partial charge is 0.503 e. The molecule has 2 heterocycles. The van der Waals surface area contributed by atoms with Crippen molar-refractivity contribution >= 4 is 0 Å². The predicted octanol–water partition coefficient (Wildman–Crippen LogP) is 9.89. The largest absolute Gasteiger partial charge is 2.00 e. The van der Waals surface area contributed by atoms with Gasteiger partial charge >= 0.3 is 21.1 Å². The number of ether oxygens (including phenoxy) is 1. The van der Waals surface area contributed by atoms with Gasteiger partial charge in [0.2, 0.25) is 0 Å². The fourth-order valence-corrected chi connectivity index (χ4v) is 6.47. The number of aromatic nitrogens is 3. The van der Waals surface area contributed by atoms with Crippen molar-refractivity contribution in [3.8, 4) is 34.0 Å². The molecule has 0 atom stereocenters. The summed E-state index contributed by atoms with van der Waals surface area (Å²) in [5.74, 6) is 1.77. The van der Waals surface area contributed by atoms with E-state index in [1.807, 2.05) is 36.5 Å². The molecule has 0 amide bonds. The van der Waals surface area contributed by atoms with Crippen LogP contribution in [0.15, 0.2) is 116 Å². The van der Waals surface area contributed by atoms with Crippen LogP contribution in [0.4, 0.5) is 0 Å². The van der Waals surface area contributed by atoms with E-state index in [1.54, 1.807) is 18.5 Å². The third-order valence-electron chi connectivity index (χ3n) is 8.89. The zero-order chi connectivity index (χ0) is 32.1. The summed E-state index contributed by atoms with van der Waals surface area (Å²) in [4.78, 5) is 13.8. The molecule has 6 aromatic rings. The van der Waals surface area contributed by atoms with Crippen LogP contribution in [-0.2, 0) is 37.3 Å². The second-order valence-corrected chi connectivity index (χ2v) is 14.0. The van der Waals surface area contributed by atoms with Gasteiger partial charge in [-0.05, 0) is 62.4 Å². The molecule has 2 aromatic heterocycles. The summed E-state index contributed by atoms with van der Waals surface area (Å²) < 4.78 is 6.47. The molecule has 1 aliphatic carbocycles. The Bertz CT molecular complexity index is 1980. The predicted molar refractivity (Wildman–Crippen MR) is 184 cm³/mol. The average molecular weight is 795 g/mol. The molecule has 0 saturated carbocycles. The minimum atomic E-state index is -0.711. The molecule has 0 saturated heterocycles. The average Bonchev–Trinajstić information content (AvgIpc) is 3.35. The van der Waals surface area contributed by atoms with E-state index in [0.717, 1.165) is 16.8 Å². The maximum absolute atomic E-state index is 6.47. The SMILES string of the molecule is CC(C)(C)c1ccc2c(c1)C(c1[c-]c(Oc3[c-]c(-c4ncccn4)ccc3)ccc1)(c1ccccn1)c1cc(C(C)(C)C)ccc1-2.[Pt+2]. The molecule has 236 valence electrons. The second-order valence-electron chi connectivity index (χ2n) is 14.0. The van der Waals surface area contributed by atoms with Crippen LogP contribution in [0.3, 0.4) is 0 Å². The van der Waals surface area contributed by atoms with Gasteiger partial charge in [-0.2, -0.15) is 12.1 Å². The van der Waals surface area contributed by atoms with Gasteiger partial charge in [0.1, 0.15) is 0 Å². The maximum Gasteiger partial charge on any atom is 2.00 e. The normalized spacial score (nSPS) is 13.3. The van der Waals surface area contributed by atoms with Gasteiger partial charge in [0.05, 0.1) is 16.9 Å².